The third kappa shape index (κ3) is 6.14. The second kappa shape index (κ2) is 15.3. The predicted molar refractivity (Wildman–Crippen MR) is 271 cm³/mol. The standard InChI is InChI=1S/C60H43N7/c1-37-26-28-52-45(30-37)46-31-38(2)27-29-53(46)66(52)57-34-54(41(36-61)32-49(57)60-63-58(39-16-6-3-7-17-39)62-59(64-60)40-18-8-4-9-19-40)67-51-25-15-13-23-44(51)48-33-47-43-22-12-14-24-50(43)65(55(47)35-56(48)67)42-20-10-5-11-21-42/h3-4,6-10,12-32,34-35,47H,5,11,33H2,1-2H3. The molecule has 7 aromatic carbocycles. The van der Waals surface area contributed by atoms with E-state index in [2.05, 4.69) is 149 Å². The van der Waals surface area contributed by atoms with E-state index in [4.69, 9.17) is 15.0 Å². The quantitative estimate of drug-likeness (QED) is 0.166. The van der Waals surface area contributed by atoms with Crippen LogP contribution in [0.5, 0.6) is 0 Å². The minimum Gasteiger partial charge on any atom is -0.314 e. The van der Waals surface area contributed by atoms with Gasteiger partial charge in [-0.15, -0.1) is 0 Å². The number of hydrogen-bond donors (Lipinski definition) is 0. The molecule has 67 heavy (non-hydrogen) atoms. The average molecular weight is 862 g/mol. The zero-order valence-electron chi connectivity index (χ0n) is 37.1. The van der Waals surface area contributed by atoms with Crippen LogP contribution >= 0.6 is 0 Å². The van der Waals surface area contributed by atoms with Crippen molar-refractivity contribution in [2.24, 2.45) is 0 Å². The highest BCUT2D eigenvalue weighted by Gasteiger charge is 2.39. The van der Waals surface area contributed by atoms with Crippen molar-refractivity contribution in [3.05, 3.63) is 221 Å². The Morgan fingerprint density at radius 2 is 1.19 bits per heavy atom. The minimum atomic E-state index is 0.193. The van der Waals surface area contributed by atoms with Gasteiger partial charge in [-0.2, -0.15) is 5.26 Å². The van der Waals surface area contributed by atoms with Gasteiger partial charge in [0.25, 0.3) is 0 Å². The number of anilines is 1. The molecule has 3 aromatic heterocycles. The molecule has 0 fully saturated rings. The van der Waals surface area contributed by atoms with Crippen LogP contribution in [0, 0.1) is 25.2 Å². The van der Waals surface area contributed by atoms with E-state index in [-0.39, 0.29) is 5.92 Å². The van der Waals surface area contributed by atoms with E-state index < -0.39 is 0 Å². The Balaban J connectivity index is 1.13. The lowest BCUT2D eigenvalue weighted by molar-refractivity contribution is 0.790. The lowest BCUT2D eigenvalue weighted by atomic mass is 9.86. The first kappa shape index (κ1) is 38.8. The lowest BCUT2D eigenvalue weighted by Gasteiger charge is -2.28. The van der Waals surface area contributed by atoms with Gasteiger partial charge >= 0.3 is 0 Å². The number of allylic oxidation sites excluding steroid dienone is 4. The van der Waals surface area contributed by atoms with E-state index in [0.29, 0.717) is 23.0 Å². The topological polar surface area (TPSA) is 75.6 Å². The van der Waals surface area contributed by atoms with E-state index in [0.717, 1.165) is 80.3 Å². The van der Waals surface area contributed by atoms with Crippen molar-refractivity contribution in [2.45, 2.75) is 39.0 Å². The van der Waals surface area contributed by atoms with Crippen LogP contribution in [0.1, 0.15) is 52.3 Å². The van der Waals surface area contributed by atoms with E-state index in [1.807, 2.05) is 66.7 Å². The summed E-state index contributed by atoms with van der Waals surface area (Å²) in [6.45, 7) is 4.30. The molecule has 3 aliphatic rings. The molecule has 0 saturated heterocycles. The highest BCUT2D eigenvalue weighted by molar-refractivity contribution is 6.10. The van der Waals surface area contributed by atoms with Crippen molar-refractivity contribution in [1.29, 1.82) is 5.26 Å². The Morgan fingerprint density at radius 1 is 0.567 bits per heavy atom. The lowest BCUT2D eigenvalue weighted by Crippen LogP contribution is -2.22. The highest BCUT2D eigenvalue weighted by Crippen LogP contribution is 2.53. The number of benzene rings is 7. The first-order chi connectivity index (χ1) is 33.0. The average Bonchev–Trinajstić information content (AvgIpc) is 4.00. The molecule has 7 nitrogen and oxygen atoms in total. The number of fused-ring (bicyclic) bond motifs is 9. The largest absolute Gasteiger partial charge is 0.314 e. The monoisotopic (exact) mass is 861 g/mol. The fraction of sp³-hybridized carbons (Fsp3) is 0.100. The fourth-order valence-corrected chi connectivity index (χ4v) is 10.8. The van der Waals surface area contributed by atoms with Gasteiger partial charge in [0.05, 0.1) is 39.2 Å². The molecule has 318 valence electrons. The first-order valence-corrected chi connectivity index (χ1v) is 23.1. The molecule has 0 spiro atoms. The van der Waals surface area contributed by atoms with Crippen LogP contribution in [0.2, 0.25) is 0 Å². The molecule has 10 aromatic rings. The normalized spacial score (nSPS) is 15.1. The Hall–Kier alpha value is -8.60. The minimum absolute atomic E-state index is 0.193. The number of para-hydroxylation sites is 2. The molecule has 2 aliphatic carbocycles. The summed E-state index contributed by atoms with van der Waals surface area (Å²) in [5.41, 5.74) is 17.6. The molecular weight excluding hydrogens is 819 g/mol. The molecule has 13 rings (SSSR count). The number of nitrogens with zero attached hydrogens (tertiary/aromatic N) is 7. The molecule has 0 radical (unpaired) electrons. The number of nitriles is 1. The van der Waals surface area contributed by atoms with E-state index >= 15 is 0 Å². The molecule has 0 amide bonds. The van der Waals surface area contributed by atoms with Crippen LogP contribution in [0.4, 0.5) is 5.69 Å². The summed E-state index contributed by atoms with van der Waals surface area (Å²) in [6, 6.07) is 58.0. The van der Waals surface area contributed by atoms with Crippen molar-refractivity contribution in [1.82, 2.24) is 24.1 Å². The van der Waals surface area contributed by atoms with E-state index in [1.54, 1.807) is 0 Å². The van der Waals surface area contributed by atoms with Crippen molar-refractivity contribution >= 4 is 44.5 Å². The highest BCUT2D eigenvalue weighted by atomic mass is 15.2. The maximum atomic E-state index is 11.5. The molecule has 0 N–H and O–H groups in total. The molecule has 1 atom stereocenters. The van der Waals surface area contributed by atoms with Crippen molar-refractivity contribution in [3.63, 3.8) is 0 Å². The molecule has 1 aliphatic heterocycles. The second-order valence-electron chi connectivity index (χ2n) is 18.0. The van der Waals surface area contributed by atoms with E-state index in [1.165, 1.54) is 44.7 Å². The number of hydrogen-bond acceptors (Lipinski definition) is 5. The third-order valence-corrected chi connectivity index (χ3v) is 13.8. The Kier molecular flexibility index (Phi) is 8.84. The number of rotatable bonds is 6. The van der Waals surface area contributed by atoms with Crippen LogP contribution < -0.4 is 4.90 Å². The van der Waals surface area contributed by atoms with Gasteiger partial charge < -0.3 is 14.0 Å². The summed E-state index contributed by atoms with van der Waals surface area (Å²) in [7, 11) is 0. The molecule has 4 heterocycles. The summed E-state index contributed by atoms with van der Waals surface area (Å²) >= 11 is 0. The molecular formula is C60H43N7. The van der Waals surface area contributed by atoms with E-state index in [9.17, 15) is 5.26 Å². The molecule has 1 unspecified atom stereocenters. The zero-order valence-corrected chi connectivity index (χ0v) is 37.1. The maximum absolute atomic E-state index is 11.5. The molecule has 7 heteroatoms. The van der Waals surface area contributed by atoms with Crippen molar-refractivity contribution < 1.29 is 0 Å². The summed E-state index contributed by atoms with van der Waals surface area (Å²) in [5, 5.41) is 15.0. The van der Waals surface area contributed by atoms with Crippen LogP contribution in [0.3, 0.4) is 0 Å². The molecule has 0 bridgehead atoms. The van der Waals surface area contributed by atoms with Crippen molar-refractivity contribution in [2.75, 3.05) is 4.90 Å². The van der Waals surface area contributed by atoms with Crippen LogP contribution in [0.25, 0.3) is 84.3 Å². The summed E-state index contributed by atoms with van der Waals surface area (Å²) in [6.07, 6.45) is 12.2. The van der Waals surface area contributed by atoms with Gasteiger partial charge in [-0.3, -0.25) is 0 Å². The van der Waals surface area contributed by atoms with Gasteiger partial charge in [-0.25, -0.2) is 15.0 Å². The van der Waals surface area contributed by atoms with Crippen LogP contribution in [0.15, 0.2) is 187 Å². The summed E-state index contributed by atoms with van der Waals surface area (Å²) < 4.78 is 4.69. The molecule has 0 saturated carbocycles. The smallest absolute Gasteiger partial charge is 0.166 e. The zero-order chi connectivity index (χ0) is 44.8. The van der Waals surface area contributed by atoms with Gasteiger partial charge in [0.15, 0.2) is 17.5 Å². The van der Waals surface area contributed by atoms with Gasteiger partial charge in [0, 0.05) is 55.8 Å². The number of aromatic nitrogens is 5. The van der Waals surface area contributed by atoms with Crippen LogP contribution in [-0.2, 0) is 6.42 Å². The van der Waals surface area contributed by atoms with Crippen LogP contribution in [-0.4, -0.2) is 24.1 Å². The number of aryl methyl sites for hydroxylation is 2. The van der Waals surface area contributed by atoms with Gasteiger partial charge in [-0.1, -0.05) is 132 Å². The van der Waals surface area contributed by atoms with Gasteiger partial charge in [0.2, 0.25) is 0 Å². The Morgan fingerprint density at radius 3 is 1.87 bits per heavy atom. The summed E-state index contributed by atoms with van der Waals surface area (Å²) in [5.74, 6) is 1.79. The maximum Gasteiger partial charge on any atom is 0.166 e. The predicted octanol–water partition coefficient (Wildman–Crippen LogP) is 14.1. The van der Waals surface area contributed by atoms with Crippen molar-refractivity contribution in [3.8, 4) is 51.6 Å². The fourth-order valence-electron chi connectivity index (χ4n) is 10.8. The first-order valence-electron chi connectivity index (χ1n) is 23.1. The SMILES string of the molecule is Cc1ccc2c(c1)c1cc(C)ccc1n2-c1cc(-n2c3c(c4ccccc42)CC2C(=C3)N(C3=CCCC=C3)c3ccccc32)c(C#N)cc1-c1nc(-c2ccccc2)nc(-c2ccccc2)n1. The Labute approximate surface area is 388 Å². The second-order valence-corrected chi connectivity index (χ2v) is 18.0. The third-order valence-electron chi connectivity index (χ3n) is 13.8. The van der Waals surface area contributed by atoms with Gasteiger partial charge in [-0.05, 0) is 105 Å². The van der Waals surface area contributed by atoms with Gasteiger partial charge in [0.1, 0.15) is 6.07 Å². The Bertz CT molecular complexity index is 3710. The summed E-state index contributed by atoms with van der Waals surface area (Å²) in [4.78, 5) is 18.1.